The molecule has 1 saturated heterocycles. The van der Waals surface area contributed by atoms with E-state index in [1.165, 1.54) is 0 Å². The number of likely N-dealkylation sites (tertiary alicyclic amines) is 1. The molecule has 2 heterocycles. The van der Waals surface area contributed by atoms with E-state index in [9.17, 15) is 9.59 Å². The number of carbonyl (C=O) groups is 2. The maximum absolute atomic E-state index is 12.1. The zero-order chi connectivity index (χ0) is 15.6. The Bertz CT molecular complexity index is 538. The van der Waals surface area contributed by atoms with Crippen LogP contribution in [0.1, 0.15) is 25.7 Å². The van der Waals surface area contributed by atoms with Gasteiger partial charge in [-0.3, -0.25) is 0 Å². The average Bonchev–Trinajstić information content (AvgIpc) is 2.79. The number of aliphatic carboxylic acids is 1. The molecule has 0 spiro atoms. The average molecular weight is 297 g/mol. The number of carboxylic acid groups (broad SMARTS) is 1. The minimum Gasteiger partial charge on any atom is -0.480 e. The van der Waals surface area contributed by atoms with Crippen LogP contribution in [-0.2, 0) is 16.6 Å². The van der Waals surface area contributed by atoms with E-state index >= 15 is 0 Å². The van der Waals surface area contributed by atoms with E-state index in [0.717, 1.165) is 0 Å². The van der Waals surface area contributed by atoms with Crippen molar-refractivity contribution in [1.82, 2.24) is 25.0 Å². The van der Waals surface area contributed by atoms with Crippen LogP contribution < -0.4 is 5.32 Å². The summed E-state index contributed by atoms with van der Waals surface area (Å²) in [5.41, 5.74) is -0.594. The molecule has 1 atom stereocenters. The third-order valence-electron chi connectivity index (χ3n) is 3.36. The summed E-state index contributed by atoms with van der Waals surface area (Å²) in [7, 11) is 1.80. The number of aromatic nitrogens is 3. The van der Waals surface area contributed by atoms with Gasteiger partial charge in [-0.05, 0) is 13.8 Å². The number of nitrogens with zero attached hydrogens (tertiary/aromatic N) is 4. The molecule has 0 aliphatic carbocycles. The molecular formula is C12H19N5O4. The topological polar surface area (TPSA) is 110 Å². The molecule has 9 heteroatoms. The molecule has 1 aliphatic rings. The van der Waals surface area contributed by atoms with E-state index in [0.29, 0.717) is 18.9 Å². The predicted octanol–water partition coefficient (Wildman–Crippen LogP) is -0.239. The molecule has 9 nitrogen and oxygen atoms in total. The van der Waals surface area contributed by atoms with Gasteiger partial charge < -0.3 is 24.6 Å². The Hall–Kier alpha value is -2.16. The van der Waals surface area contributed by atoms with Gasteiger partial charge in [0.05, 0.1) is 19.1 Å². The molecule has 1 aliphatic heterocycles. The number of aryl methyl sites for hydroxylation is 1. The van der Waals surface area contributed by atoms with Crippen molar-refractivity contribution in [2.24, 2.45) is 7.05 Å². The predicted molar refractivity (Wildman–Crippen MR) is 71.5 cm³/mol. The van der Waals surface area contributed by atoms with Gasteiger partial charge in [0.25, 0.3) is 0 Å². The quantitative estimate of drug-likeness (QED) is 0.776. The third kappa shape index (κ3) is 3.48. The summed E-state index contributed by atoms with van der Waals surface area (Å²) in [6.07, 6.45) is 1.57. The molecule has 0 radical (unpaired) electrons. The fraction of sp³-hybridized carbons (Fsp3) is 0.667. The lowest BCUT2D eigenvalue weighted by Gasteiger charge is -2.47. The highest BCUT2D eigenvalue weighted by atomic mass is 16.5. The highest BCUT2D eigenvalue weighted by Crippen LogP contribution is 2.25. The van der Waals surface area contributed by atoms with Gasteiger partial charge in [-0.15, -0.1) is 10.2 Å². The van der Waals surface area contributed by atoms with Crippen LogP contribution >= 0.6 is 0 Å². The maximum atomic E-state index is 12.1. The second kappa shape index (κ2) is 5.68. The van der Waals surface area contributed by atoms with Crippen molar-refractivity contribution in [2.75, 3.05) is 19.7 Å². The molecule has 0 aromatic carbocycles. The van der Waals surface area contributed by atoms with Crippen LogP contribution in [0, 0.1) is 0 Å². The van der Waals surface area contributed by atoms with Crippen LogP contribution in [0.25, 0.3) is 0 Å². The van der Waals surface area contributed by atoms with E-state index in [4.69, 9.17) is 9.84 Å². The molecular weight excluding hydrogens is 278 g/mol. The number of nitrogens with one attached hydrogen (secondary N) is 1. The van der Waals surface area contributed by atoms with Crippen molar-refractivity contribution < 1.29 is 19.4 Å². The highest BCUT2D eigenvalue weighted by molar-refractivity contribution is 5.76. The van der Waals surface area contributed by atoms with Gasteiger partial charge in [0, 0.05) is 7.05 Å². The van der Waals surface area contributed by atoms with E-state index in [1.807, 2.05) is 6.92 Å². The second-order valence-electron chi connectivity index (χ2n) is 5.46. The Morgan fingerprint density at radius 1 is 1.57 bits per heavy atom. The molecule has 0 bridgehead atoms. The summed E-state index contributed by atoms with van der Waals surface area (Å²) in [5, 5.41) is 19.1. The molecule has 116 valence electrons. The van der Waals surface area contributed by atoms with Gasteiger partial charge in [0.1, 0.15) is 18.5 Å². The first kappa shape index (κ1) is 15.2. The first-order valence-corrected chi connectivity index (χ1v) is 6.56. The van der Waals surface area contributed by atoms with Gasteiger partial charge >= 0.3 is 12.0 Å². The van der Waals surface area contributed by atoms with Crippen molar-refractivity contribution in [3.63, 3.8) is 0 Å². The lowest BCUT2D eigenvalue weighted by molar-refractivity contribution is -0.159. The normalized spacial score (nSPS) is 18.0. The van der Waals surface area contributed by atoms with E-state index in [1.54, 1.807) is 29.8 Å². The Morgan fingerprint density at radius 2 is 2.24 bits per heavy atom. The van der Waals surface area contributed by atoms with Crippen molar-refractivity contribution >= 4 is 12.0 Å². The third-order valence-corrected chi connectivity index (χ3v) is 3.36. The monoisotopic (exact) mass is 297 g/mol. The lowest BCUT2D eigenvalue weighted by Crippen LogP contribution is -2.65. The smallest absolute Gasteiger partial charge is 0.329 e. The van der Waals surface area contributed by atoms with Gasteiger partial charge in [0.2, 0.25) is 0 Å². The Balaban J connectivity index is 1.81. The number of urea groups is 1. The first-order valence-electron chi connectivity index (χ1n) is 6.56. The van der Waals surface area contributed by atoms with E-state index in [2.05, 4.69) is 15.5 Å². The van der Waals surface area contributed by atoms with Crippen molar-refractivity contribution in [3.05, 3.63) is 12.2 Å². The molecule has 1 aromatic rings. The summed E-state index contributed by atoms with van der Waals surface area (Å²) in [4.78, 5) is 24.1. The van der Waals surface area contributed by atoms with Gasteiger partial charge in [-0.2, -0.15) is 0 Å². The maximum Gasteiger partial charge on any atom is 0.329 e. The number of amides is 2. The molecule has 0 saturated carbocycles. The molecule has 2 N–H and O–H groups in total. The minimum atomic E-state index is -1.02. The Kier molecular flexibility index (Phi) is 4.12. The van der Waals surface area contributed by atoms with Crippen molar-refractivity contribution in [3.8, 4) is 0 Å². The van der Waals surface area contributed by atoms with Crippen LogP contribution in [0.5, 0.6) is 0 Å². The number of rotatable bonds is 5. The molecule has 1 fully saturated rings. The number of hydrogen-bond acceptors (Lipinski definition) is 5. The molecule has 2 amide bonds. The second-order valence-corrected chi connectivity index (χ2v) is 5.46. The Morgan fingerprint density at radius 3 is 2.76 bits per heavy atom. The molecule has 21 heavy (non-hydrogen) atoms. The minimum absolute atomic E-state index is 0.234. The van der Waals surface area contributed by atoms with Crippen LogP contribution in [0.3, 0.4) is 0 Å². The standard InChI is InChI=1S/C12H19N5O4/c1-8(10-15-13-7-16(10)3)14-11(20)17-5-12(2,6-17)21-4-9(18)19/h7-8H,4-6H2,1-3H3,(H,14,20)(H,18,19). The number of ether oxygens (including phenoxy) is 1. The summed E-state index contributed by atoms with van der Waals surface area (Å²) >= 11 is 0. The van der Waals surface area contributed by atoms with Crippen molar-refractivity contribution in [1.29, 1.82) is 0 Å². The zero-order valence-electron chi connectivity index (χ0n) is 12.2. The number of carbonyl (C=O) groups excluding carboxylic acids is 1. The zero-order valence-corrected chi connectivity index (χ0v) is 12.2. The van der Waals surface area contributed by atoms with Gasteiger partial charge in [-0.1, -0.05) is 0 Å². The summed E-state index contributed by atoms with van der Waals surface area (Å²) in [6, 6.07) is -0.501. The van der Waals surface area contributed by atoms with Crippen LogP contribution in [0.2, 0.25) is 0 Å². The highest BCUT2D eigenvalue weighted by Gasteiger charge is 2.43. The number of hydrogen-bond donors (Lipinski definition) is 2. The lowest BCUT2D eigenvalue weighted by atomic mass is 9.97. The van der Waals surface area contributed by atoms with Crippen LogP contribution in [0.4, 0.5) is 4.79 Å². The fourth-order valence-electron chi connectivity index (χ4n) is 2.26. The van der Waals surface area contributed by atoms with Gasteiger partial charge in [0.15, 0.2) is 5.82 Å². The molecule has 2 rings (SSSR count). The van der Waals surface area contributed by atoms with Crippen molar-refractivity contribution in [2.45, 2.75) is 25.5 Å². The largest absolute Gasteiger partial charge is 0.480 e. The summed E-state index contributed by atoms with van der Waals surface area (Å²) in [6.45, 7) is 3.96. The Labute approximate surface area is 121 Å². The molecule has 1 aromatic heterocycles. The van der Waals surface area contributed by atoms with Gasteiger partial charge in [-0.25, -0.2) is 9.59 Å². The van der Waals surface area contributed by atoms with E-state index in [-0.39, 0.29) is 18.7 Å². The van der Waals surface area contributed by atoms with Crippen LogP contribution in [-0.4, -0.2) is 62.1 Å². The first-order chi connectivity index (χ1) is 9.81. The molecule has 1 unspecified atom stereocenters. The fourth-order valence-corrected chi connectivity index (χ4v) is 2.26. The SMILES string of the molecule is CC(NC(=O)N1CC(C)(OCC(=O)O)C1)c1nncn1C. The summed E-state index contributed by atoms with van der Waals surface area (Å²) in [5.74, 6) is -0.358. The summed E-state index contributed by atoms with van der Waals surface area (Å²) < 4.78 is 6.99. The van der Waals surface area contributed by atoms with Crippen LogP contribution in [0.15, 0.2) is 6.33 Å². The van der Waals surface area contributed by atoms with E-state index < -0.39 is 11.6 Å². The number of carboxylic acids is 1.